The lowest BCUT2D eigenvalue weighted by atomic mass is 9.83. The van der Waals surface area contributed by atoms with Crippen LogP contribution in [-0.2, 0) is 4.79 Å². The van der Waals surface area contributed by atoms with Crippen LogP contribution in [0.15, 0.2) is 0 Å². The molecule has 1 unspecified atom stereocenters. The van der Waals surface area contributed by atoms with Crippen molar-refractivity contribution < 1.29 is 4.79 Å². The molecule has 3 heteroatoms. The van der Waals surface area contributed by atoms with Crippen molar-refractivity contribution in [3.8, 4) is 0 Å². The highest BCUT2D eigenvalue weighted by Gasteiger charge is 2.16. The second kappa shape index (κ2) is 5.22. The molecule has 0 saturated heterocycles. The van der Waals surface area contributed by atoms with E-state index in [0.717, 1.165) is 12.5 Å². The van der Waals surface area contributed by atoms with Crippen molar-refractivity contribution in [2.45, 2.75) is 45.1 Å². The summed E-state index contributed by atoms with van der Waals surface area (Å²) in [5.41, 5.74) is 5.08. The molecule has 1 aliphatic carbocycles. The van der Waals surface area contributed by atoms with Crippen LogP contribution in [-0.4, -0.2) is 18.5 Å². The van der Waals surface area contributed by atoms with Crippen molar-refractivity contribution in [2.24, 2.45) is 11.7 Å². The maximum atomic E-state index is 10.6. The first-order chi connectivity index (χ1) is 6.18. The van der Waals surface area contributed by atoms with Crippen LogP contribution < -0.4 is 11.1 Å². The topological polar surface area (TPSA) is 55.1 Å². The lowest BCUT2D eigenvalue weighted by Crippen LogP contribution is -2.32. The third-order valence-electron chi connectivity index (χ3n) is 2.78. The summed E-state index contributed by atoms with van der Waals surface area (Å²) in [7, 11) is 0. The summed E-state index contributed by atoms with van der Waals surface area (Å²) in [6.07, 6.45) is 5.90. The average Bonchev–Trinajstić information content (AvgIpc) is 1.92. The van der Waals surface area contributed by atoms with Gasteiger partial charge in [0.25, 0.3) is 0 Å². The van der Waals surface area contributed by atoms with Crippen molar-refractivity contribution in [3.63, 3.8) is 0 Å². The van der Waals surface area contributed by atoms with Crippen LogP contribution in [0.1, 0.15) is 39.0 Å². The summed E-state index contributed by atoms with van der Waals surface area (Å²) in [5.74, 6) is 0.719. The highest BCUT2D eigenvalue weighted by Crippen LogP contribution is 2.28. The Bertz CT molecular complexity index is 166. The van der Waals surface area contributed by atoms with Crippen LogP contribution >= 0.6 is 0 Å². The number of carbonyl (C=O) groups excluding carboxylic acids is 1. The van der Waals surface area contributed by atoms with Crippen molar-refractivity contribution in [1.29, 1.82) is 0 Å². The molecule has 0 spiro atoms. The van der Waals surface area contributed by atoms with Crippen LogP contribution in [0.5, 0.6) is 0 Å². The van der Waals surface area contributed by atoms with E-state index in [-0.39, 0.29) is 11.9 Å². The monoisotopic (exact) mass is 184 g/mol. The molecule has 0 aromatic heterocycles. The first-order valence-corrected chi connectivity index (χ1v) is 5.20. The van der Waals surface area contributed by atoms with Gasteiger partial charge in [0, 0.05) is 12.5 Å². The van der Waals surface area contributed by atoms with E-state index >= 15 is 0 Å². The SMILES string of the molecule is CC(CC(N)=O)NCCC1CCC1. The van der Waals surface area contributed by atoms with Gasteiger partial charge in [-0.15, -0.1) is 0 Å². The smallest absolute Gasteiger partial charge is 0.218 e. The first kappa shape index (κ1) is 10.5. The molecule has 1 amide bonds. The van der Waals surface area contributed by atoms with Crippen LogP contribution in [0.4, 0.5) is 0 Å². The van der Waals surface area contributed by atoms with Crippen LogP contribution in [0.2, 0.25) is 0 Å². The second-order valence-corrected chi connectivity index (χ2v) is 4.11. The summed E-state index contributed by atoms with van der Waals surface area (Å²) in [4.78, 5) is 10.6. The Morgan fingerprint density at radius 1 is 1.62 bits per heavy atom. The molecule has 1 aliphatic rings. The zero-order valence-electron chi connectivity index (χ0n) is 8.38. The van der Waals surface area contributed by atoms with E-state index < -0.39 is 0 Å². The van der Waals surface area contributed by atoms with E-state index in [1.807, 2.05) is 6.92 Å². The Labute approximate surface area is 80.1 Å². The van der Waals surface area contributed by atoms with Crippen LogP contribution in [0, 0.1) is 5.92 Å². The number of hydrogen-bond donors (Lipinski definition) is 2. The van der Waals surface area contributed by atoms with Gasteiger partial charge in [-0.3, -0.25) is 4.79 Å². The van der Waals surface area contributed by atoms with Crippen molar-refractivity contribution in [3.05, 3.63) is 0 Å². The van der Waals surface area contributed by atoms with E-state index in [2.05, 4.69) is 5.32 Å². The maximum Gasteiger partial charge on any atom is 0.218 e. The van der Waals surface area contributed by atoms with Crippen molar-refractivity contribution in [1.82, 2.24) is 5.32 Å². The van der Waals surface area contributed by atoms with Gasteiger partial charge in [0.2, 0.25) is 5.91 Å². The molecule has 0 aromatic carbocycles. The first-order valence-electron chi connectivity index (χ1n) is 5.20. The van der Waals surface area contributed by atoms with E-state index in [4.69, 9.17) is 5.73 Å². The minimum atomic E-state index is -0.219. The maximum absolute atomic E-state index is 10.6. The number of nitrogens with one attached hydrogen (secondary N) is 1. The summed E-state index contributed by atoms with van der Waals surface area (Å²) in [5, 5.41) is 3.31. The third kappa shape index (κ3) is 4.27. The predicted octanol–water partition coefficient (Wildman–Crippen LogP) is 1.03. The second-order valence-electron chi connectivity index (χ2n) is 4.11. The van der Waals surface area contributed by atoms with E-state index in [1.54, 1.807) is 0 Å². The molecule has 13 heavy (non-hydrogen) atoms. The third-order valence-corrected chi connectivity index (χ3v) is 2.78. The number of rotatable bonds is 6. The molecular formula is C10H20N2O. The number of primary amides is 1. The van der Waals surface area contributed by atoms with Gasteiger partial charge in [0.05, 0.1) is 0 Å². The van der Waals surface area contributed by atoms with Gasteiger partial charge in [0.15, 0.2) is 0 Å². The van der Waals surface area contributed by atoms with Crippen LogP contribution in [0.25, 0.3) is 0 Å². The summed E-state index contributed by atoms with van der Waals surface area (Å²) in [6, 6.07) is 0.234. The van der Waals surface area contributed by atoms with Gasteiger partial charge < -0.3 is 11.1 Å². The standard InChI is InChI=1S/C10H20N2O/c1-8(7-10(11)13)12-6-5-9-3-2-4-9/h8-9,12H,2-7H2,1H3,(H2,11,13). The average molecular weight is 184 g/mol. The molecule has 1 fully saturated rings. The molecule has 76 valence electrons. The summed E-state index contributed by atoms with van der Waals surface area (Å²) < 4.78 is 0. The van der Waals surface area contributed by atoms with Gasteiger partial charge in [-0.1, -0.05) is 19.3 Å². The zero-order valence-corrected chi connectivity index (χ0v) is 8.38. The summed E-state index contributed by atoms with van der Waals surface area (Å²) >= 11 is 0. The quantitative estimate of drug-likeness (QED) is 0.648. The summed E-state index contributed by atoms with van der Waals surface area (Å²) in [6.45, 7) is 3.03. The number of nitrogens with two attached hydrogens (primary N) is 1. The Hall–Kier alpha value is -0.570. The van der Waals surface area contributed by atoms with Crippen molar-refractivity contribution in [2.75, 3.05) is 6.54 Å². The van der Waals surface area contributed by atoms with E-state index in [9.17, 15) is 4.79 Å². The number of amides is 1. The lowest BCUT2D eigenvalue weighted by Gasteiger charge is -2.25. The fourth-order valence-electron chi connectivity index (χ4n) is 1.69. The Morgan fingerprint density at radius 3 is 2.77 bits per heavy atom. The molecule has 0 aromatic rings. The lowest BCUT2D eigenvalue weighted by molar-refractivity contribution is -0.118. The molecule has 3 N–H and O–H groups in total. The zero-order chi connectivity index (χ0) is 9.68. The van der Waals surface area contributed by atoms with Crippen molar-refractivity contribution >= 4 is 5.91 Å². The molecule has 0 aliphatic heterocycles. The largest absolute Gasteiger partial charge is 0.370 e. The predicted molar refractivity (Wildman–Crippen MR) is 53.2 cm³/mol. The van der Waals surface area contributed by atoms with Gasteiger partial charge >= 0.3 is 0 Å². The Morgan fingerprint density at radius 2 is 2.31 bits per heavy atom. The number of hydrogen-bond acceptors (Lipinski definition) is 2. The van der Waals surface area contributed by atoms with Gasteiger partial charge in [-0.2, -0.15) is 0 Å². The van der Waals surface area contributed by atoms with Crippen LogP contribution in [0.3, 0.4) is 0 Å². The Kier molecular flexibility index (Phi) is 4.22. The van der Waals surface area contributed by atoms with Gasteiger partial charge in [-0.25, -0.2) is 0 Å². The molecule has 0 heterocycles. The fourth-order valence-corrected chi connectivity index (χ4v) is 1.69. The van der Waals surface area contributed by atoms with E-state index in [1.165, 1.54) is 25.7 Å². The molecule has 1 rings (SSSR count). The molecule has 0 radical (unpaired) electrons. The minimum Gasteiger partial charge on any atom is -0.370 e. The molecule has 0 bridgehead atoms. The normalized spacial score (nSPS) is 19.5. The molecule has 1 saturated carbocycles. The van der Waals surface area contributed by atoms with E-state index in [0.29, 0.717) is 6.42 Å². The van der Waals surface area contributed by atoms with Gasteiger partial charge in [0.1, 0.15) is 0 Å². The molecule has 3 nitrogen and oxygen atoms in total. The van der Waals surface area contributed by atoms with Gasteiger partial charge in [-0.05, 0) is 25.8 Å². The highest BCUT2D eigenvalue weighted by molar-refractivity contribution is 5.74. The Balaban J connectivity index is 1.94. The molecular weight excluding hydrogens is 164 g/mol. The minimum absolute atomic E-state index is 0.219. The number of carbonyl (C=O) groups is 1. The highest BCUT2D eigenvalue weighted by atomic mass is 16.1. The fraction of sp³-hybridized carbons (Fsp3) is 0.900. The molecule has 1 atom stereocenters.